The highest BCUT2D eigenvalue weighted by Crippen LogP contribution is 2.26. The van der Waals surface area contributed by atoms with Crippen LogP contribution in [-0.4, -0.2) is 71.4 Å². The SMILES string of the molecule is C#CC(C)(C)N1CCCCC1C(=O)N[C@H](C(=O)N(C)[C@H](/C=C(\C)C(=O)OCC)C(C)C)C(C)C. The predicted octanol–water partition coefficient (Wildman–Crippen LogP) is 3.39. The highest BCUT2D eigenvalue weighted by Gasteiger charge is 2.39. The quantitative estimate of drug-likeness (QED) is 0.298. The summed E-state index contributed by atoms with van der Waals surface area (Å²) in [7, 11) is 1.72. The maximum absolute atomic E-state index is 13.6. The zero-order valence-electron chi connectivity index (χ0n) is 22.6. The maximum atomic E-state index is 13.6. The number of terminal acetylenes is 1. The molecule has 0 saturated carbocycles. The Kier molecular flexibility index (Phi) is 11.3. The largest absolute Gasteiger partial charge is 0.463 e. The second-order valence-corrected chi connectivity index (χ2v) is 10.4. The van der Waals surface area contributed by atoms with E-state index in [4.69, 9.17) is 11.2 Å². The minimum absolute atomic E-state index is 0.0621. The fourth-order valence-electron chi connectivity index (χ4n) is 4.41. The van der Waals surface area contributed by atoms with Crippen LogP contribution in [0.1, 0.15) is 74.7 Å². The van der Waals surface area contributed by atoms with E-state index in [0.29, 0.717) is 18.6 Å². The molecule has 1 aliphatic rings. The molecule has 7 heteroatoms. The monoisotopic (exact) mass is 475 g/mol. The van der Waals surface area contributed by atoms with Crippen molar-refractivity contribution in [2.75, 3.05) is 20.2 Å². The van der Waals surface area contributed by atoms with Gasteiger partial charge in [-0.15, -0.1) is 6.42 Å². The molecular weight excluding hydrogens is 430 g/mol. The smallest absolute Gasteiger partial charge is 0.333 e. The van der Waals surface area contributed by atoms with Gasteiger partial charge in [-0.05, 0) is 52.4 Å². The van der Waals surface area contributed by atoms with Gasteiger partial charge in [0.15, 0.2) is 0 Å². The number of nitrogens with zero attached hydrogens (tertiary/aromatic N) is 2. The van der Waals surface area contributed by atoms with Gasteiger partial charge in [0.25, 0.3) is 0 Å². The zero-order chi connectivity index (χ0) is 26.2. The summed E-state index contributed by atoms with van der Waals surface area (Å²) in [6, 6.07) is -1.37. The molecule has 1 rings (SSSR count). The lowest BCUT2D eigenvalue weighted by atomic mass is 9.92. The Labute approximate surface area is 206 Å². The molecule has 0 aromatic carbocycles. The zero-order valence-corrected chi connectivity index (χ0v) is 22.6. The lowest BCUT2D eigenvalue weighted by Crippen LogP contribution is -2.61. The fraction of sp³-hybridized carbons (Fsp3) is 0.741. The van der Waals surface area contributed by atoms with Gasteiger partial charge in [0.05, 0.1) is 24.2 Å². The molecule has 2 amide bonds. The lowest BCUT2D eigenvalue weighted by Gasteiger charge is -2.43. The molecule has 1 aliphatic heterocycles. The van der Waals surface area contributed by atoms with Crippen molar-refractivity contribution < 1.29 is 19.1 Å². The van der Waals surface area contributed by atoms with Gasteiger partial charge in [-0.25, -0.2) is 4.79 Å². The van der Waals surface area contributed by atoms with Gasteiger partial charge < -0.3 is 15.0 Å². The van der Waals surface area contributed by atoms with Gasteiger partial charge in [-0.1, -0.05) is 46.1 Å². The van der Waals surface area contributed by atoms with Crippen LogP contribution in [0.25, 0.3) is 0 Å². The number of hydrogen-bond donors (Lipinski definition) is 1. The molecule has 34 heavy (non-hydrogen) atoms. The summed E-state index contributed by atoms with van der Waals surface area (Å²) in [4.78, 5) is 42.8. The standard InChI is InChI=1S/C27H45N3O4/c1-11-27(8,9)30-16-14-13-15-21(30)24(31)28-23(19(5)6)25(32)29(10)22(18(3)4)17-20(7)26(33)34-12-2/h1,17-19,21-23H,12-16H2,2-10H3,(H,28,31)/b20-17+/t21?,22-,23+/m1/s1. The topological polar surface area (TPSA) is 79.0 Å². The molecule has 7 nitrogen and oxygen atoms in total. The van der Waals surface area contributed by atoms with Crippen LogP contribution in [0.15, 0.2) is 11.6 Å². The minimum Gasteiger partial charge on any atom is -0.463 e. The van der Waals surface area contributed by atoms with Crippen molar-refractivity contribution in [3.05, 3.63) is 11.6 Å². The van der Waals surface area contributed by atoms with Crippen LogP contribution in [0.3, 0.4) is 0 Å². The van der Waals surface area contributed by atoms with Crippen LogP contribution in [0.5, 0.6) is 0 Å². The Hall–Kier alpha value is -2.33. The number of ether oxygens (including phenoxy) is 1. The molecule has 1 N–H and O–H groups in total. The minimum atomic E-state index is -0.687. The molecule has 0 aromatic rings. The molecule has 0 aliphatic carbocycles. The first-order chi connectivity index (χ1) is 15.8. The summed E-state index contributed by atoms with van der Waals surface area (Å²) in [6.45, 7) is 16.2. The Morgan fingerprint density at radius 3 is 2.32 bits per heavy atom. The highest BCUT2D eigenvalue weighted by molar-refractivity contribution is 5.91. The number of nitrogens with one attached hydrogen (secondary N) is 1. The van der Waals surface area contributed by atoms with Crippen LogP contribution in [-0.2, 0) is 19.1 Å². The van der Waals surface area contributed by atoms with E-state index in [9.17, 15) is 14.4 Å². The average Bonchev–Trinajstić information content (AvgIpc) is 2.79. The molecule has 1 saturated heterocycles. The summed E-state index contributed by atoms with van der Waals surface area (Å²) in [5.41, 5.74) is -0.0889. The van der Waals surface area contributed by atoms with Crippen molar-refractivity contribution in [3.8, 4) is 12.3 Å². The first kappa shape index (κ1) is 29.7. The molecule has 1 unspecified atom stereocenters. The molecular formula is C27H45N3O4. The van der Waals surface area contributed by atoms with E-state index in [2.05, 4.69) is 16.1 Å². The number of rotatable bonds is 10. The van der Waals surface area contributed by atoms with Crippen molar-refractivity contribution in [1.82, 2.24) is 15.1 Å². The van der Waals surface area contributed by atoms with Crippen molar-refractivity contribution in [3.63, 3.8) is 0 Å². The third-order valence-electron chi connectivity index (χ3n) is 6.60. The van der Waals surface area contributed by atoms with E-state index in [1.54, 1.807) is 31.9 Å². The van der Waals surface area contributed by atoms with Gasteiger partial charge in [-0.2, -0.15) is 0 Å². The molecule has 0 aromatic heterocycles. The van der Waals surface area contributed by atoms with E-state index in [1.165, 1.54) is 0 Å². The van der Waals surface area contributed by atoms with Crippen LogP contribution in [0.2, 0.25) is 0 Å². The summed E-state index contributed by atoms with van der Waals surface area (Å²) < 4.78 is 5.09. The molecule has 1 heterocycles. The van der Waals surface area contributed by atoms with Gasteiger partial charge in [0.2, 0.25) is 11.8 Å². The summed E-state index contributed by atoms with van der Waals surface area (Å²) in [5, 5.41) is 3.03. The molecule has 192 valence electrons. The van der Waals surface area contributed by atoms with Crippen molar-refractivity contribution in [2.45, 2.75) is 98.3 Å². The summed E-state index contributed by atoms with van der Waals surface area (Å²) in [5.74, 6) is 2.01. The number of carbonyl (C=O) groups excluding carboxylic acids is 3. The van der Waals surface area contributed by atoms with Crippen LogP contribution in [0, 0.1) is 24.2 Å². The normalized spacial score (nSPS) is 19.4. The van der Waals surface area contributed by atoms with Crippen molar-refractivity contribution in [1.29, 1.82) is 0 Å². The second kappa shape index (κ2) is 12.9. The van der Waals surface area contributed by atoms with Gasteiger partial charge in [0, 0.05) is 19.2 Å². The molecule has 1 fully saturated rings. The van der Waals surface area contributed by atoms with E-state index < -0.39 is 17.6 Å². The van der Waals surface area contributed by atoms with Crippen LogP contribution < -0.4 is 5.32 Å². The fourth-order valence-corrected chi connectivity index (χ4v) is 4.41. The number of carbonyl (C=O) groups is 3. The average molecular weight is 476 g/mol. The number of piperidine rings is 1. The third kappa shape index (κ3) is 7.59. The summed E-state index contributed by atoms with van der Waals surface area (Å²) in [6.07, 6.45) is 10.2. The number of esters is 1. The van der Waals surface area contributed by atoms with Crippen molar-refractivity contribution in [2.24, 2.45) is 11.8 Å². The van der Waals surface area contributed by atoms with Crippen LogP contribution in [0.4, 0.5) is 0 Å². The van der Waals surface area contributed by atoms with Crippen molar-refractivity contribution >= 4 is 17.8 Å². The first-order valence-corrected chi connectivity index (χ1v) is 12.5. The van der Waals surface area contributed by atoms with E-state index >= 15 is 0 Å². The van der Waals surface area contributed by atoms with E-state index in [-0.39, 0.29) is 35.7 Å². The Morgan fingerprint density at radius 1 is 1.21 bits per heavy atom. The highest BCUT2D eigenvalue weighted by atomic mass is 16.5. The van der Waals surface area contributed by atoms with Gasteiger partial charge >= 0.3 is 5.97 Å². The Balaban J connectivity index is 3.13. The first-order valence-electron chi connectivity index (χ1n) is 12.5. The molecule has 3 atom stereocenters. The lowest BCUT2D eigenvalue weighted by molar-refractivity contribution is -0.141. The van der Waals surface area contributed by atoms with Gasteiger partial charge in [-0.3, -0.25) is 14.5 Å². The van der Waals surface area contributed by atoms with Crippen LogP contribution >= 0.6 is 0 Å². The second-order valence-electron chi connectivity index (χ2n) is 10.4. The predicted molar refractivity (Wildman–Crippen MR) is 136 cm³/mol. The molecule has 0 spiro atoms. The maximum Gasteiger partial charge on any atom is 0.333 e. The number of hydrogen-bond acceptors (Lipinski definition) is 5. The molecule has 0 radical (unpaired) electrons. The molecule has 0 bridgehead atoms. The number of likely N-dealkylation sites (N-methyl/N-ethyl adjacent to an activating group) is 1. The Bertz CT molecular complexity index is 794. The van der Waals surface area contributed by atoms with Gasteiger partial charge in [0.1, 0.15) is 6.04 Å². The Morgan fingerprint density at radius 2 is 1.82 bits per heavy atom. The summed E-state index contributed by atoms with van der Waals surface area (Å²) >= 11 is 0. The number of likely N-dealkylation sites (tertiary alicyclic amines) is 1. The van der Waals surface area contributed by atoms with E-state index in [0.717, 1.165) is 19.4 Å². The third-order valence-corrected chi connectivity index (χ3v) is 6.60. The van der Waals surface area contributed by atoms with E-state index in [1.807, 2.05) is 41.5 Å². The number of amides is 2.